The van der Waals surface area contributed by atoms with Crippen molar-refractivity contribution in [1.82, 2.24) is 9.88 Å². The summed E-state index contributed by atoms with van der Waals surface area (Å²) in [5.41, 5.74) is 2.75. The van der Waals surface area contributed by atoms with E-state index in [0.717, 1.165) is 16.5 Å². The van der Waals surface area contributed by atoms with Crippen molar-refractivity contribution in [3.8, 4) is 0 Å². The molecule has 1 aliphatic heterocycles. The lowest BCUT2D eigenvalue weighted by Gasteiger charge is -2.30. The fourth-order valence-corrected chi connectivity index (χ4v) is 3.66. The lowest BCUT2D eigenvalue weighted by atomic mass is 10.1. The molecule has 4 rings (SSSR count). The second kappa shape index (κ2) is 9.51. The molecule has 1 aliphatic rings. The van der Waals surface area contributed by atoms with Crippen LogP contribution in [0.1, 0.15) is 11.1 Å². The van der Waals surface area contributed by atoms with Gasteiger partial charge in [0.05, 0.1) is 39.0 Å². The monoisotopic (exact) mass is 441 g/mol. The van der Waals surface area contributed by atoms with Crippen LogP contribution in [-0.4, -0.2) is 48.4 Å². The van der Waals surface area contributed by atoms with Crippen molar-refractivity contribution in [2.75, 3.05) is 31.7 Å². The van der Waals surface area contributed by atoms with Gasteiger partial charge in [0, 0.05) is 21.8 Å². The Kier molecular flexibility index (Phi) is 6.56. The molecular weight excluding hydrogens is 418 g/mol. The van der Waals surface area contributed by atoms with E-state index in [2.05, 4.69) is 10.3 Å². The fourth-order valence-electron chi connectivity index (χ4n) is 3.54. The number of fused-ring (bicyclic) bond motifs is 1. The number of rotatable bonds is 5. The molecule has 1 saturated heterocycles. The first-order chi connectivity index (χ1) is 15.0. The number of nitrogens with zero attached hydrogens (tertiary/aromatic N) is 1. The van der Waals surface area contributed by atoms with Crippen LogP contribution in [0.15, 0.2) is 53.3 Å². The Morgan fingerprint density at radius 2 is 2.00 bits per heavy atom. The molecule has 8 heteroatoms. The zero-order valence-corrected chi connectivity index (χ0v) is 17.9. The summed E-state index contributed by atoms with van der Waals surface area (Å²) in [4.78, 5) is 30.2. The lowest BCUT2D eigenvalue weighted by Crippen LogP contribution is -2.44. The molecule has 7 nitrogen and oxygen atoms in total. The van der Waals surface area contributed by atoms with Gasteiger partial charge in [-0.1, -0.05) is 23.2 Å². The molecule has 0 spiro atoms. The number of hydrogen-bond donors (Lipinski definition) is 2. The average Bonchev–Trinajstić information content (AvgIpc) is 2.76. The number of halogens is 1. The molecule has 0 saturated carbocycles. The maximum absolute atomic E-state index is 13.1. The summed E-state index contributed by atoms with van der Waals surface area (Å²) in [6, 6.07) is 14.2. The van der Waals surface area contributed by atoms with E-state index in [0.29, 0.717) is 42.6 Å². The molecule has 1 fully saturated rings. The smallest absolute Gasteiger partial charge is 0.322 e. The normalized spacial score (nSPS) is 16.3. The number of urea groups is 1. The molecule has 0 radical (unpaired) electrons. The highest BCUT2D eigenvalue weighted by Gasteiger charge is 2.23. The van der Waals surface area contributed by atoms with Crippen molar-refractivity contribution in [3.63, 3.8) is 0 Å². The van der Waals surface area contributed by atoms with Crippen molar-refractivity contribution in [3.05, 3.63) is 75.0 Å². The number of pyridine rings is 1. The molecule has 0 bridgehead atoms. The number of nitrogens with one attached hydrogen (secondary N) is 2. The topological polar surface area (TPSA) is 83.7 Å². The SMILES string of the molecule is Cc1ccc2[nH]c(=O)c(CN(C[C@H]3COCCO3)C(=O)Nc3ccc(Cl)cc3)cc2c1. The Balaban J connectivity index is 1.59. The molecule has 2 amide bonds. The van der Waals surface area contributed by atoms with Gasteiger partial charge in [-0.2, -0.15) is 0 Å². The van der Waals surface area contributed by atoms with Crippen molar-refractivity contribution >= 4 is 34.2 Å². The number of aryl methyl sites for hydroxylation is 1. The molecule has 1 aromatic heterocycles. The lowest BCUT2D eigenvalue weighted by molar-refractivity contribution is -0.0943. The zero-order chi connectivity index (χ0) is 21.8. The number of hydrogen-bond acceptors (Lipinski definition) is 4. The number of carbonyl (C=O) groups is 1. The van der Waals surface area contributed by atoms with E-state index in [1.54, 1.807) is 29.2 Å². The van der Waals surface area contributed by atoms with Crippen molar-refractivity contribution in [2.45, 2.75) is 19.6 Å². The van der Waals surface area contributed by atoms with Gasteiger partial charge in [-0.05, 0) is 54.8 Å². The standard InChI is InChI=1S/C23H24ClN3O4/c1-15-2-7-21-16(10-15)11-17(22(28)26-21)12-27(13-20-14-30-8-9-31-20)23(29)25-19-5-3-18(24)4-6-19/h2-7,10-11,20H,8-9,12-14H2,1H3,(H,25,29)(H,26,28)/t20-/m0/s1. The van der Waals surface area contributed by atoms with Gasteiger partial charge in [0.25, 0.3) is 5.56 Å². The van der Waals surface area contributed by atoms with E-state index >= 15 is 0 Å². The van der Waals surface area contributed by atoms with Crippen LogP contribution in [-0.2, 0) is 16.0 Å². The summed E-state index contributed by atoms with van der Waals surface area (Å²) >= 11 is 5.93. The van der Waals surface area contributed by atoms with Crippen molar-refractivity contribution in [1.29, 1.82) is 0 Å². The Labute approximate surface area is 184 Å². The number of aromatic amines is 1. The molecule has 2 heterocycles. The van der Waals surface area contributed by atoms with Crippen LogP contribution in [0.4, 0.5) is 10.5 Å². The molecule has 162 valence electrons. The largest absolute Gasteiger partial charge is 0.376 e. The predicted molar refractivity (Wildman–Crippen MR) is 121 cm³/mol. The third-order valence-corrected chi connectivity index (χ3v) is 5.38. The fraction of sp³-hybridized carbons (Fsp3) is 0.304. The summed E-state index contributed by atoms with van der Waals surface area (Å²) in [6.07, 6.45) is -0.258. The van der Waals surface area contributed by atoms with Gasteiger partial charge in [-0.25, -0.2) is 4.79 Å². The third-order valence-electron chi connectivity index (χ3n) is 5.13. The zero-order valence-electron chi connectivity index (χ0n) is 17.2. The molecule has 0 unspecified atom stereocenters. The first-order valence-corrected chi connectivity index (χ1v) is 10.5. The van der Waals surface area contributed by atoms with Crippen LogP contribution in [0.25, 0.3) is 10.9 Å². The molecule has 31 heavy (non-hydrogen) atoms. The van der Waals surface area contributed by atoms with Crippen LogP contribution < -0.4 is 10.9 Å². The summed E-state index contributed by atoms with van der Waals surface area (Å²) in [7, 11) is 0. The molecule has 1 atom stereocenters. The third kappa shape index (κ3) is 5.44. The first-order valence-electron chi connectivity index (χ1n) is 10.1. The van der Waals surface area contributed by atoms with Gasteiger partial charge >= 0.3 is 6.03 Å². The van der Waals surface area contributed by atoms with Gasteiger partial charge in [0.2, 0.25) is 0 Å². The van der Waals surface area contributed by atoms with E-state index in [9.17, 15) is 9.59 Å². The summed E-state index contributed by atoms with van der Waals surface area (Å²) in [5, 5.41) is 4.37. The molecule has 3 aromatic rings. The molecular formula is C23H24ClN3O4. The maximum atomic E-state index is 13.1. The van der Waals surface area contributed by atoms with E-state index in [-0.39, 0.29) is 24.2 Å². The van der Waals surface area contributed by atoms with Crippen molar-refractivity contribution in [2.24, 2.45) is 0 Å². The highest BCUT2D eigenvalue weighted by molar-refractivity contribution is 6.30. The summed E-state index contributed by atoms with van der Waals surface area (Å²) in [6.45, 7) is 3.85. The van der Waals surface area contributed by atoms with Gasteiger partial charge in [0.1, 0.15) is 0 Å². The first kappa shape index (κ1) is 21.4. The maximum Gasteiger partial charge on any atom is 0.322 e. The summed E-state index contributed by atoms with van der Waals surface area (Å²) in [5.74, 6) is 0. The van der Waals surface area contributed by atoms with Gasteiger partial charge < -0.3 is 24.7 Å². The molecule has 0 aliphatic carbocycles. The van der Waals surface area contributed by atoms with Crippen LogP contribution in [0, 0.1) is 6.92 Å². The van der Waals surface area contributed by atoms with Crippen LogP contribution in [0.5, 0.6) is 0 Å². The van der Waals surface area contributed by atoms with E-state index in [1.807, 2.05) is 31.2 Å². The minimum atomic E-state index is -0.333. The highest BCUT2D eigenvalue weighted by atomic mass is 35.5. The second-order valence-electron chi connectivity index (χ2n) is 7.60. The predicted octanol–water partition coefficient (Wildman–Crippen LogP) is 3.94. The van der Waals surface area contributed by atoms with E-state index < -0.39 is 0 Å². The number of ether oxygens (including phenoxy) is 2. The second-order valence-corrected chi connectivity index (χ2v) is 8.04. The summed E-state index contributed by atoms with van der Waals surface area (Å²) < 4.78 is 11.2. The molecule has 2 aromatic carbocycles. The Bertz CT molecular complexity index is 1120. The van der Waals surface area contributed by atoms with Crippen molar-refractivity contribution < 1.29 is 14.3 Å². The Morgan fingerprint density at radius 3 is 2.74 bits per heavy atom. The highest BCUT2D eigenvalue weighted by Crippen LogP contribution is 2.17. The van der Waals surface area contributed by atoms with Crippen LogP contribution in [0.3, 0.4) is 0 Å². The van der Waals surface area contributed by atoms with Gasteiger partial charge in [-0.3, -0.25) is 4.79 Å². The van der Waals surface area contributed by atoms with E-state index in [4.69, 9.17) is 21.1 Å². The Hall–Kier alpha value is -2.87. The van der Waals surface area contributed by atoms with Crippen LogP contribution in [0.2, 0.25) is 5.02 Å². The Morgan fingerprint density at radius 1 is 1.19 bits per heavy atom. The number of carbonyl (C=O) groups excluding carboxylic acids is 1. The van der Waals surface area contributed by atoms with Gasteiger partial charge in [-0.15, -0.1) is 0 Å². The number of aromatic nitrogens is 1. The average molecular weight is 442 g/mol. The minimum absolute atomic E-state index is 0.137. The molecule has 2 N–H and O–H groups in total. The minimum Gasteiger partial charge on any atom is -0.376 e. The number of benzene rings is 2. The quantitative estimate of drug-likeness (QED) is 0.628. The van der Waals surface area contributed by atoms with Crippen LogP contribution >= 0.6 is 11.6 Å². The number of amides is 2. The van der Waals surface area contributed by atoms with Gasteiger partial charge in [0.15, 0.2) is 0 Å². The number of anilines is 1. The van der Waals surface area contributed by atoms with E-state index in [1.165, 1.54) is 0 Å². The number of H-pyrrole nitrogens is 1.